The molecule has 0 radical (unpaired) electrons. The molecule has 0 saturated carbocycles. The van der Waals surface area contributed by atoms with Crippen molar-refractivity contribution in [2.75, 3.05) is 13.2 Å². The minimum absolute atomic E-state index is 0.110. The third kappa shape index (κ3) is 3.71. The molecule has 1 N–H and O–H groups in total. The second kappa shape index (κ2) is 7.38. The summed E-state index contributed by atoms with van der Waals surface area (Å²) >= 11 is 1.52. The van der Waals surface area contributed by atoms with E-state index < -0.39 is 5.97 Å². The van der Waals surface area contributed by atoms with E-state index in [4.69, 9.17) is 9.84 Å². The van der Waals surface area contributed by atoms with Crippen molar-refractivity contribution in [2.45, 2.75) is 30.4 Å². The molecule has 2 rings (SSSR count). The molecule has 1 aromatic carbocycles. The quantitative estimate of drug-likeness (QED) is 0.653. The highest BCUT2D eigenvalue weighted by Gasteiger charge is 2.20. The monoisotopic (exact) mass is 306 g/mol. The molecule has 0 amide bonds. The summed E-state index contributed by atoms with van der Waals surface area (Å²) < 4.78 is 5.05. The summed E-state index contributed by atoms with van der Waals surface area (Å²) in [5, 5.41) is 18.2. The zero-order valence-corrected chi connectivity index (χ0v) is 12.9. The molecular weight excluding hydrogens is 288 g/mol. The highest BCUT2D eigenvalue weighted by atomic mass is 32.2. The number of hydrogen-bond acceptors (Lipinski definition) is 6. The van der Waals surface area contributed by atoms with Gasteiger partial charge in [-0.3, -0.25) is 0 Å². The highest BCUT2D eigenvalue weighted by molar-refractivity contribution is 8.00. The number of esters is 1. The molecule has 0 spiro atoms. The minimum Gasteiger partial charge on any atom is -0.461 e. The van der Waals surface area contributed by atoms with Crippen LogP contribution in [0.3, 0.4) is 0 Å². The van der Waals surface area contributed by atoms with Crippen LogP contribution in [0, 0.1) is 0 Å². The number of rotatable bonds is 6. The topological polar surface area (TPSA) is 72.3 Å². The molecule has 1 unspecified atom stereocenters. The van der Waals surface area contributed by atoms with Gasteiger partial charge in [-0.05, 0) is 19.4 Å². The SMILES string of the molecule is CCOC(=O)c1nnc2ccccc2c1SC(C)CCO. The van der Waals surface area contributed by atoms with E-state index in [0.717, 1.165) is 15.8 Å². The van der Waals surface area contributed by atoms with Gasteiger partial charge in [-0.1, -0.05) is 25.1 Å². The van der Waals surface area contributed by atoms with Crippen LogP contribution in [0.5, 0.6) is 0 Å². The van der Waals surface area contributed by atoms with Crippen molar-refractivity contribution in [3.05, 3.63) is 30.0 Å². The summed E-state index contributed by atoms with van der Waals surface area (Å²) in [4.78, 5) is 12.8. The number of aromatic nitrogens is 2. The fourth-order valence-electron chi connectivity index (χ4n) is 1.92. The van der Waals surface area contributed by atoms with E-state index in [0.29, 0.717) is 13.0 Å². The third-order valence-corrected chi connectivity index (χ3v) is 4.23. The minimum atomic E-state index is -0.463. The standard InChI is InChI=1S/C15H18N2O3S/c1-3-20-15(19)13-14(21-10(2)8-9-18)11-6-4-5-7-12(11)16-17-13/h4-7,10,18H,3,8-9H2,1-2H3. The molecule has 1 aromatic heterocycles. The molecule has 0 saturated heterocycles. The van der Waals surface area contributed by atoms with Gasteiger partial charge in [-0.15, -0.1) is 22.0 Å². The number of fused-ring (bicyclic) bond motifs is 1. The first-order chi connectivity index (χ1) is 10.2. The summed E-state index contributed by atoms with van der Waals surface area (Å²) in [5.74, 6) is -0.463. The van der Waals surface area contributed by atoms with Gasteiger partial charge in [0, 0.05) is 17.2 Å². The number of aliphatic hydroxyl groups is 1. The molecule has 5 nitrogen and oxygen atoms in total. The van der Waals surface area contributed by atoms with Crippen LogP contribution in [0.25, 0.3) is 10.9 Å². The number of thioether (sulfide) groups is 1. The maximum absolute atomic E-state index is 12.1. The van der Waals surface area contributed by atoms with Crippen molar-refractivity contribution in [1.82, 2.24) is 10.2 Å². The Bertz CT molecular complexity index is 633. The molecule has 21 heavy (non-hydrogen) atoms. The Balaban J connectivity index is 2.49. The summed E-state index contributed by atoms with van der Waals surface area (Å²) in [6, 6.07) is 7.56. The normalized spacial score (nSPS) is 12.3. The predicted molar refractivity (Wildman–Crippen MR) is 82.5 cm³/mol. The van der Waals surface area contributed by atoms with E-state index in [1.54, 1.807) is 6.92 Å². The van der Waals surface area contributed by atoms with Gasteiger partial charge < -0.3 is 9.84 Å². The lowest BCUT2D eigenvalue weighted by atomic mass is 10.2. The van der Waals surface area contributed by atoms with Crippen LogP contribution in [0.15, 0.2) is 29.2 Å². The Labute approximate surface area is 127 Å². The molecule has 0 fully saturated rings. The number of aliphatic hydroxyl groups excluding tert-OH is 1. The Morgan fingerprint density at radius 2 is 2.14 bits per heavy atom. The largest absolute Gasteiger partial charge is 0.461 e. The first-order valence-electron chi connectivity index (χ1n) is 6.87. The molecule has 0 aliphatic rings. The zero-order chi connectivity index (χ0) is 15.2. The number of hydrogen-bond donors (Lipinski definition) is 1. The van der Waals surface area contributed by atoms with Crippen molar-refractivity contribution < 1.29 is 14.6 Å². The smallest absolute Gasteiger partial charge is 0.360 e. The average Bonchev–Trinajstić information content (AvgIpc) is 2.48. The molecule has 2 aromatic rings. The molecule has 6 heteroatoms. The van der Waals surface area contributed by atoms with Crippen LogP contribution in [-0.2, 0) is 4.74 Å². The lowest BCUT2D eigenvalue weighted by Gasteiger charge is -2.14. The van der Waals surface area contributed by atoms with Gasteiger partial charge in [0.25, 0.3) is 0 Å². The molecule has 0 aliphatic carbocycles. The van der Waals surface area contributed by atoms with E-state index in [9.17, 15) is 4.79 Å². The fourth-order valence-corrected chi connectivity index (χ4v) is 3.08. The Morgan fingerprint density at radius 1 is 1.38 bits per heavy atom. The van der Waals surface area contributed by atoms with E-state index in [1.165, 1.54) is 11.8 Å². The van der Waals surface area contributed by atoms with Gasteiger partial charge >= 0.3 is 5.97 Å². The Kier molecular flexibility index (Phi) is 5.52. The van der Waals surface area contributed by atoms with Gasteiger partial charge in [-0.25, -0.2) is 4.79 Å². The van der Waals surface area contributed by atoms with E-state index in [1.807, 2.05) is 31.2 Å². The van der Waals surface area contributed by atoms with Gasteiger partial charge in [0.15, 0.2) is 5.69 Å². The number of nitrogens with zero attached hydrogens (tertiary/aromatic N) is 2. The third-order valence-electron chi connectivity index (χ3n) is 2.94. The highest BCUT2D eigenvalue weighted by Crippen LogP contribution is 2.33. The summed E-state index contributed by atoms with van der Waals surface area (Å²) in [7, 11) is 0. The average molecular weight is 306 g/mol. The molecule has 112 valence electrons. The van der Waals surface area contributed by atoms with Gasteiger partial charge in [0.05, 0.1) is 17.0 Å². The molecule has 0 bridgehead atoms. The molecule has 1 heterocycles. The van der Waals surface area contributed by atoms with Crippen LogP contribution < -0.4 is 0 Å². The van der Waals surface area contributed by atoms with Crippen molar-refractivity contribution in [3.8, 4) is 0 Å². The fraction of sp³-hybridized carbons (Fsp3) is 0.400. The first kappa shape index (κ1) is 15.7. The molecule has 0 aliphatic heterocycles. The Hall–Kier alpha value is -1.66. The van der Waals surface area contributed by atoms with Crippen LogP contribution in [0.4, 0.5) is 0 Å². The van der Waals surface area contributed by atoms with Crippen LogP contribution in [0.1, 0.15) is 30.8 Å². The van der Waals surface area contributed by atoms with E-state index in [-0.39, 0.29) is 17.6 Å². The van der Waals surface area contributed by atoms with Crippen molar-refractivity contribution in [2.24, 2.45) is 0 Å². The molecule has 1 atom stereocenters. The van der Waals surface area contributed by atoms with Crippen LogP contribution in [-0.4, -0.2) is 39.7 Å². The number of carbonyl (C=O) groups excluding carboxylic acids is 1. The Morgan fingerprint density at radius 3 is 2.86 bits per heavy atom. The van der Waals surface area contributed by atoms with Gasteiger partial charge in [0.2, 0.25) is 0 Å². The van der Waals surface area contributed by atoms with Gasteiger partial charge in [-0.2, -0.15) is 0 Å². The molecular formula is C15H18N2O3S. The summed E-state index contributed by atoms with van der Waals surface area (Å²) in [5.41, 5.74) is 0.981. The number of carbonyl (C=O) groups is 1. The second-order valence-corrected chi connectivity index (χ2v) is 6.00. The van der Waals surface area contributed by atoms with Crippen molar-refractivity contribution in [3.63, 3.8) is 0 Å². The van der Waals surface area contributed by atoms with Gasteiger partial charge in [0.1, 0.15) is 0 Å². The zero-order valence-electron chi connectivity index (χ0n) is 12.1. The lowest BCUT2D eigenvalue weighted by molar-refractivity contribution is 0.0514. The van der Waals surface area contributed by atoms with Crippen LogP contribution in [0.2, 0.25) is 0 Å². The maximum Gasteiger partial charge on any atom is 0.360 e. The maximum atomic E-state index is 12.1. The van der Waals surface area contributed by atoms with Crippen molar-refractivity contribution >= 4 is 28.6 Å². The summed E-state index contributed by atoms with van der Waals surface area (Å²) in [6.07, 6.45) is 0.642. The van der Waals surface area contributed by atoms with E-state index in [2.05, 4.69) is 10.2 Å². The first-order valence-corrected chi connectivity index (χ1v) is 7.75. The number of benzene rings is 1. The van der Waals surface area contributed by atoms with E-state index >= 15 is 0 Å². The summed E-state index contributed by atoms with van der Waals surface area (Å²) in [6.45, 7) is 4.17. The predicted octanol–water partition coefficient (Wildman–Crippen LogP) is 2.67. The number of ether oxygens (including phenoxy) is 1. The second-order valence-electron chi connectivity index (χ2n) is 4.56. The lowest BCUT2D eigenvalue weighted by Crippen LogP contribution is -2.11. The van der Waals surface area contributed by atoms with Crippen LogP contribution >= 0.6 is 11.8 Å². The van der Waals surface area contributed by atoms with Crippen molar-refractivity contribution in [1.29, 1.82) is 0 Å².